The number of halogens is 2. The quantitative estimate of drug-likeness (QED) is 0.473. The fourth-order valence-electron chi connectivity index (χ4n) is 2.43. The van der Waals surface area contributed by atoms with Crippen molar-refractivity contribution in [3.05, 3.63) is 82.3 Å². The number of hydrogen-bond acceptors (Lipinski definition) is 3. The van der Waals surface area contributed by atoms with Crippen LogP contribution >= 0.6 is 11.6 Å². The van der Waals surface area contributed by atoms with Crippen LogP contribution in [0.5, 0.6) is 0 Å². The van der Waals surface area contributed by atoms with Gasteiger partial charge in [0.1, 0.15) is 29.0 Å². The van der Waals surface area contributed by atoms with Crippen molar-refractivity contribution in [3.63, 3.8) is 0 Å². The molecule has 3 rings (SSSR count). The standard InChI is InChI=1S/C21H14ClFN2O2/c1-13-4-2-3-5-19(13)25-21(26)15(12-24)10-16-7-9-20(27-16)14-6-8-18(23)17(22)11-14/h2-11H,1H3,(H,25,26)/b15-10+. The zero-order valence-electron chi connectivity index (χ0n) is 14.3. The maximum atomic E-state index is 13.3. The maximum absolute atomic E-state index is 13.3. The van der Waals surface area contributed by atoms with Crippen LogP contribution in [0.25, 0.3) is 17.4 Å². The SMILES string of the molecule is Cc1ccccc1NC(=O)/C(C#N)=C/c1ccc(-c2ccc(F)c(Cl)c2)o1. The zero-order valence-corrected chi connectivity index (χ0v) is 15.0. The molecule has 0 radical (unpaired) electrons. The smallest absolute Gasteiger partial charge is 0.266 e. The number of rotatable bonds is 4. The Labute approximate surface area is 160 Å². The molecule has 0 unspecified atom stereocenters. The third-order valence-electron chi connectivity index (χ3n) is 3.88. The summed E-state index contributed by atoms with van der Waals surface area (Å²) in [5.74, 6) is -0.289. The second-order valence-electron chi connectivity index (χ2n) is 5.77. The van der Waals surface area contributed by atoms with Crippen LogP contribution in [0, 0.1) is 24.1 Å². The van der Waals surface area contributed by atoms with Crippen molar-refractivity contribution in [1.82, 2.24) is 0 Å². The van der Waals surface area contributed by atoms with Gasteiger partial charge in [-0.15, -0.1) is 0 Å². The van der Waals surface area contributed by atoms with Crippen molar-refractivity contribution in [2.45, 2.75) is 6.92 Å². The van der Waals surface area contributed by atoms with E-state index in [1.165, 1.54) is 24.3 Å². The molecular formula is C21H14ClFN2O2. The van der Waals surface area contributed by atoms with Gasteiger partial charge in [0.05, 0.1) is 5.02 Å². The molecule has 0 saturated carbocycles. The van der Waals surface area contributed by atoms with Crippen molar-refractivity contribution in [1.29, 1.82) is 5.26 Å². The number of aryl methyl sites for hydroxylation is 1. The lowest BCUT2D eigenvalue weighted by Crippen LogP contribution is -2.14. The van der Waals surface area contributed by atoms with Gasteiger partial charge in [-0.2, -0.15) is 5.26 Å². The molecular weight excluding hydrogens is 367 g/mol. The average Bonchev–Trinajstić information content (AvgIpc) is 3.12. The predicted octanol–water partition coefficient (Wildman–Crippen LogP) is 5.59. The molecule has 0 atom stereocenters. The summed E-state index contributed by atoms with van der Waals surface area (Å²) in [5.41, 5.74) is 2.00. The Hall–Kier alpha value is -3.36. The summed E-state index contributed by atoms with van der Waals surface area (Å²) < 4.78 is 18.9. The Balaban J connectivity index is 1.83. The second kappa shape index (κ2) is 7.90. The molecule has 1 aromatic heterocycles. The first-order valence-corrected chi connectivity index (χ1v) is 8.40. The first kappa shape index (κ1) is 18.4. The van der Waals surface area contributed by atoms with Crippen molar-refractivity contribution in [2.24, 2.45) is 0 Å². The average molecular weight is 381 g/mol. The summed E-state index contributed by atoms with van der Waals surface area (Å²) >= 11 is 5.78. The Morgan fingerprint density at radius 2 is 2.00 bits per heavy atom. The van der Waals surface area contributed by atoms with E-state index >= 15 is 0 Å². The Morgan fingerprint density at radius 3 is 2.70 bits per heavy atom. The first-order valence-electron chi connectivity index (χ1n) is 8.02. The molecule has 134 valence electrons. The van der Waals surface area contributed by atoms with Crippen LogP contribution < -0.4 is 5.32 Å². The number of carbonyl (C=O) groups is 1. The number of para-hydroxylation sites is 1. The van der Waals surface area contributed by atoms with Crippen LogP contribution in [0.3, 0.4) is 0 Å². The number of nitrogens with zero attached hydrogens (tertiary/aromatic N) is 1. The van der Waals surface area contributed by atoms with Crippen LogP contribution in [-0.4, -0.2) is 5.91 Å². The van der Waals surface area contributed by atoms with Crippen LogP contribution in [0.2, 0.25) is 5.02 Å². The molecule has 2 aromatic carbocycles. The molecule has 27 heavy (non-hydrogen) atoms. The second-order valence-corrected chi connectivity index (χ2v) is 6.18. The number of nitrogens with one attached hydrogen (secondary N) is 1. The highest BCUT2D eigenvalue weighted by molar-refractivity contribution is 6.31. The highest BCUT2D eigenvalue weighted by atomic mass is 35.5. The van der Waals surface area contributed by atoms with Gasteiger partial charge in [0.15, 0.2) is 0 Å². The van der Waals surface area contributed by atoms with Crippen LogP contribution in [0.4, 0.5) is 10.1 Å². The predicted molar refractivity (Wildman–Crippen MR) is 103 cm³/mol. The monoisotopic (exact) mass is 380 g/mol. The van der Waals surface area contributed by atoms with E-state index in [9.17, 15) is 14.4 Å². The minimum absolute atomic E-state index is 0.0173. The Kier molecular flexibility index (Phi) is 5.39. The summed E-state index contributed by atoms with van der Waals surface area (Å²) in [6.07, 6.45) is 1.35. The van der Waals surface area contributed by atoms with Crippen molar-refractivity contribution in [3.8, 4) is 17.4 Å². The largest absolute Gasteiger partial charge is 0.457 e. The Morgan fingerprint density at radius 1 is 1.22 bits per heavy atom. The lowest BCUT2D eigenvalue weighted by Gasteiger charge is -2.06. The van der Waals surface area contributed by atoms with E-state index in [0.29, 0.717) is 22.8 Å². The van der Waals surface area contributed by atoms with Gasteiger partial charge < -0.3 is 9.73 Å². The van der Waals surface area contributed by atoms with Gasteiger partial charge >= 0.3 is 0 Å². The fraction of sp³-hybridized carbons (Fsp3) is 0.0476. The highest BCUT2D eigenvalue weighted by Gasteiger charge is 2.13. The molecule has 6 heteroatoms. The summed E-state index contributed by atoms with van der Waals surface area (Å²) in [4.78, 5) is 12.4. The normalized spacial score (nSPS) is 11.1. The molecule has 0 bridgehead atoms. The van der Waals surface area contributed by atoms with Crippen LogP contribution in [0.15, 0.2) is 64.6 Å². The van der Waals surface area contributed by atoms with Gasteiger partial charge in [0, 0.05) is 17.3 Å². The van der Waals surface area contributed by atoms with Crippen LogP contribution in [0.1, 0.15) is 11.3 Å². The lowest BCUT2D eigenvalue weighted by molar-refractivity contribution is -0.112. The van der Waals surface area contributed by atoms with Gasteiger partial charge in [-0.05, 0) is 48.9 Å². The van der Waals surface area contributed by atoms with E-state index in [2.05, 4.69) is 5.32 Å². The molecule has 0 aliphatic carbocycles. The zero-order chi connectivity index (χ0) is 19.4. The van der Waals surface area contributed by atoms with Gasteiger partial charge in [-0.3, -0.25) is 4.79 Å². The number of benzene rings is 2. The van der Waals surface area contributed by atoms with Crippen LogP contribution in [-0.2, 0) is 4.79 Å². The maximum Gasteiger partial charge on any atom is 0.266 e. The number of hydrogen-bond donors (Lipinski definition) is 1. The molecule has 0 aliphatic rings. The molecule has 0 spiro atoms. The van der Waals surface area contributed by atoms with E-state index in [1.54, 1.807) is 24.3 Å². The van der Waals surface area contributed by atoms with E-state index in [-0.39, 0.29) is 10.6 Å². The molecule has 0 saturated heterocycles. The van der Waals surface area contributed by atoms with E-state index in [0.717, 1.165) is 5.56 Å². The minimum atomic E-state index is -0.533. The summed E-state index contributed by atoms with van der Waals surface area (Å²) in [7, 11) is 0. The van der Waals surface area contributed by atoms with Gasteiger partial charge in [-0.25, -0.2) is 4.39 Å². The highest BCUT2D eigenvalue weighted by Crippen LogP contribution is 2.27. The van der Waals surface area contributed by atoms with Gasteiger partial charge in [0.25, 0.3) is 5.91 Å². The van der Waals surface area contributed by atoms with E-state index < -0.39 is 11.7 Å². The van der Waals surface area contributed by atoms with Gasteiger partial charge in [-0.1, -0.05) is 29.8 Å². The number of carbonyl (C=O) groups excluding carboxylic acids is 1. The summed E-state index contributed by atoms with van der Waals surface area (Å²) in [6, 6.07) is 16.6. The first-order chi connectivity index (χ1) is 13.0. The third kappa shape index (κ3) is 4.25. The molecule has 3 aromatic rings. The van der Waals surface area contributed by atoms with Crippen molar-refractivity contribution in [2.75, 3.05) is 5.32 Å². The summed E-state index contributed by atoms with van der Waals surface area (Å²) in [6.45, 7) is 1.86. The number of nitriles is 1. The lowest BCUT2D eigenvalue weighted by atomic mass is 10.1. The molecule has 0 aliphatic heterocycles. The van der Waals surface area contributed by atoms with E-state index in [4.69, 9.17) is 16.0 Å². The molecule has 1 amide bonds. The summed E-state index contributed by atoms with van der Waals surface area (Å²) in [5, 5.41) is 12.0. The molecule has 1 N–H and O–H groups in total. The van der Waals surface area contributed by atoms with Crippen molar-refractivity contribution < 1.29 is 13.6 Å². The molecule has 4 nitrogen and oxygen atoms in total. The number of anilines is 1. The fourth-order valence-corrected chi connectivity index (χ4v) is 2.61. The molecule has 0 fully saturated rings. The van der Waals surface area contributed by atoms with E-state index in [1.807, 2.05) is 25.1 Å². The third-order valence-corrected chi connectivity index (χ3v) is 4.17. The topological polar surface area (TPSA) is 66.0 Å². The Bertz CT molecular complexity index is 1080. The number of furan rings is 1. The molecule has 1 heterocycles. The van der Waals surface area contributed by atoms with Gasteiger partial charge in [0.2, 0.25) is 0 Å². The minimum Gasteiger partial charge on any atom is -0.457 e. The number of amides is 1. The van der Waals surface area contributed by atoms with Crippen molar-refractivity contribution >= 4 is 29.3 Å².